The molecule has 1 aliphatic heterocycles. The molecule has 0 bridgehead atoms. The number of nitrogens with zero attached hydrogens (tertiary/aromatic N) is 1. The highest BCUT2D eigenvalue weighted by Gasteiger charge is 2.37. The summed E-state index contributed by atoms with van der Waals surface area (Å²) >= 11 is 0. The third kappa shape index (κ3) is 1.51. The van der Waals surface area contributed by atoms with Crippen LogP contribution in [0.4, 0.5) is 0 Å². The van der Waals surface area contributed by atoms with Crippen LogP contribution in [0.5, 0.6) is 0 Å². The van der Waals surface area contributed by atoms with Gasteiger partial charge in [0.1, 0.15) is 11.3 Å². The smallest absolute Gasteiger partial charge is 0.327 e. The van der Waals surface area contributed by atoms with Crippen molar-refractivity contribution >= 4 is 11.2 Å². The molecule has 0 aromatic carbocycles. The van der Waals surface area contributed by atoms with Gasteiger partial charge in [-0.2, -0.15) is 0 Å². The number of aromatic nitrogens is 4. The van der Waals surface area contributed by atoms with E-state index in [9.17, 15) is 9.59 Å². The van der Waals surface area contributed by atoms with Crippen molar-refractivity contribution in [3.8, 4) is 0 Å². The fraction of sp³-hybridized carbons (Fsp3) is 0.545. The third-order valence-corrected chi connectivity index (χ3v) is 3.81. The molecular weight excluding hydrogens is 234 g/mol. The summed E-state index contributed by atoms with van der Waals surface area (Å²) in [5.74, 6) is 0.775. The zero-order valence-corrected chi connectivity index (χ0v) is 10.1. The summed E-state index contributed by atoms with van der Waals surface area (Å²) in [5.41, 5.74) is -0.351. The van der Waals surface area contributed by atoms with Gasteiger partial charge in [-0.05, 0) is 19.4 Å². The van der Waals surface area contributed by atoms with Crippen molar-refractivity contribution < 1.29 is 0 Å². The Morgan fingerprint density at radius 1 is 1.28 bits per heavy atom. The first-order valence-corrected chi connectivity index (χ1v) is 6.08. The van der Waals surface area contributed by atoms with E-state index >= 15 is 0 Å². The fourth-order valence-electron chi connectivity index (χ4n) is 2.60. The Morgan fingerprint density at radius 2 is 2.11 bits per heavy atom. The van der Waals surface area contributed by atoms with Crippen molar-refractivity contribution in [1.82, 2.24) is 25.3 Å². The van der Waals surface area contributed by atoms with Gasteiger partial charge in [-0.15, -0.1) is 0 Å². The van der Waals surface area contributed by atoms with Crippen molar-refractivity contribution in [2.24, 2.45) is 0 Å². The molecule has 0 saturated carbocycles. The number of fused-ring (bicyclic) bond motifs is 1. The van der Waals surface area contributed by atoms with E-state index in [1.165, 1.54) is 0 Å². The second-order valence-corrected chi connectivity index (χ2v) is 4.78. The molecule has 4 N–H and O–H groups in total. The molecule has 1 fully saturated rings. The third-order valence-electron chi connectivity index (χ3n) is 3.81. The first kappa shape index (κ1) is 11.2. The maximum atomic E-state index is 11.7. The zero-order chi connectivity index (χ0) is 12.8. The quantitative estimate of drug-likeness (QED) is 0.580. The second kappa shape index (κ2) is 3.81. The molecule has 0 radical (unpaired) electrons. The van der Waals surface area contributed by atoms with Gasteiger partial charge >= 0.3 is 5.69 Å². The second-order valence-electron chi connectivity index (χ2n) is 4.78. The summed E-state index contributed by atoms with van der Waals surface area (Å²) in [7, 11) is 0. The molecular formula is C11H15N5O2. The van der Waals surface area contributed by atoms with Crippen LogP contribution in [0, 0.1) is 0 Å². The molecule has 2 aromatic rings. The topological polar surface area (TPSA) is 106 Å². The predicted molar refractivity (Wildman–Crippen MR) is 66.8 cm³/mol. The number of aromatic amines is 3. The highest BCUT2D eigenvalue weighted by molar-refractivity contribution is 5.69. The van der Waals surface area contributed by atoms with Crippen molar-refractivity contribution in [3.63, 3.8) is 0 Å². The minimum Gasteiger partial charge on any atom is -0.336 e. The van der Waals surface area contributed by atoms with Crippen molar-refractivity contribution in [2.45, 2.75) is 25.2 Å². The summed E-state index contributed by atoms with van der Waals surface area (Å²) in [4.78, 5) is 35.0. The van der Waals surface area contributed by atoms with Crippen molar-refractivity contribution in [1.29, 1.82) is 0 Å². The first-order valence-electron chi connectivity index (χ1n) is 6.08. The molecule has 2 aromatic heterocycles. The van der Waals surface area contributed by atoms with Gasteiger partial charge in [0.25, 0.3) is 5.56 Å². The molecule has 1 atom stereocenters. The molecule has 0 spiro atoms. The molecule has 0 aliphatic carbocycles. The Bertz CT molecular complexity index is 689. The molecule has 0 amide bonds. The molecule has 18 heavy (non-hydrogen) atoms. The van der Waals surface area contributed by atoms with E-state index in [1.807, 2.05) is 0 Å². The van der Waals surface area contributed by atoms with Gasteiger partial charge in [0.05, 0.1) is 0 Å². The van der Waals surface area contributed by atoms with E-state index in [1.54, 1.807) is 0 Å². The Hall–Kier alpha value is -1.89. The number of hydrogen-bond donors (Lipinski definition) is 4. The van der Waals surface area contributed by atoms with Crippen LogP contribution >= 0.6 is 0 Å². The number of nitrogens with one attached hydrogen (secondary N) is 4. The van der Waals surface area contributed by atoms with Crippen LogP contribution in [0.2, 0.25) is 0 Å². The highest BCUT2D eigenvalue weighted by Crippen LogP contribution is 2.32. The largest absolute Gasteiger partial charge is 0.336 e. The Kier molecular flexibility index (Phi) is 2.37. The van der Waals surface area contributed by atoms with Crippen molar-refractivity contribution in [3.05, 3.63) is 26.7 Å². The lowest BCUT2D eigenvalue weighted by molar-refractivity contribution is 0.430. The maximum absolute atomic E-state index is 11.7. The maximum Gasteiger partial charge on any atom is 0.327 e. The van der Waals surface area contributed by atoms with Gasteiger partial charge in [0, 0.05) is 12.0 Å². The van der Waals surface area contributed by atoms with E-state index in [-0.39, 0.29) is 5.41 Å². The molecule has 3 heterocycles. The molecule has 7 heteroatoms. The number of H-pyrrole nitrogens is 3. The molecule has 1 aliphatic rings. The number of hydrogen-bond acceptors (Lipinski definition) is 4. The Labute approximate surface area is 102 Å². The summed E-state index contributed by atoms with van der Waals surface area (Å²) in [6.45, 7) is 3.89. The van der Waals surface area contributed by atoms with Crippen LogP contribution < -0.4 is 16.6 Å². The van der Waals surface area contributed by atoms with Gasteiger partial charge in [0.2, 0.25) is 0 Å². The SMILES string of the molecule is CCC1(c2nc3[nH]c(=O)[nH]c(=O)c3[nH]2)CCNC1. The van der Waals surface area contributed by atoms with Crippen LogP contribution in [-0.2, 0) is 5.41 Å². The normalized spacial score (nSPS) is 23.8. The molecule has 1 saturated heterocycles. The van der Waals surface area contributed by atoms with E-state index in [0.29, 0.717) is 11.2 Å². The molecule has 1 unspecified atom stereocenters. The number of rotatable bonds is 2. The van der Waals surface area contributed by atoms with Crippen molar-refractivity contribution in [2.75, 3.05) is 13.1 Å². The van der Waals surface area contributed by atoms with Gasteiger partial charge in [-0.1, -0.05) is 6.92 Å². The minimum absolute atomic E-state index is 0.0671. The standard InChI is InChI=1S/C11H15N5O2/c1-2-11(3-4-12-5-11)9-13-6-7(14-9)15-10(18)16-8(6)17/h12H,2-5H2,1H3,(H3,13,14,15,16,17,18). The van der Waals surface area contributed by atoms with Gasteiger partial charge in [-0.25, -0.2) is 9.78 Å². The van der Waals surface area contributed by atoms with Crippen LogP contribution in [0.3, 0.4) is 0 Å². The van der Waals surface area contributed by atoms with Crippen LogP contribution in [0.15, 0.2) is 9.59 Å². The fourth-order valence-corrected chi connectivity index (χ4v) is 2.60. The Balaban J connectivity index is 2.22. The van der Waals surface area contributed by atoms with E-state index in [2.05, 4.69) is 32.2 Å². The predicted octanol–water partition coefficient (Wildman–Crippen LogP) is -0.419. The van der Waals surface area contributed by atoms with E-state index in [0.717, 1.165) is 31.8 Å². The molecule has 96 valence electrons. The molecule has 3 rings (SSSR count). The number of imidazole rings is 1. The average molecular weight is 249 g/mol. The summed E-state index contributed by atoms with van der Waals surface area (Å²) in [5, 5.41) is 3.32. The monoisotopic (exact) mass is 249 g/mol. The summed E-state index contributed by atoms with van der Waals surface area (Å²) in [6, 6.07) is 0. The highest BCUT2D eigenvalue weighted by atomic mass is 16.2. The van der Waals surface area contributed by atoms with Gasteiger partial charge < -0.3 is 10.3 Å². The Morgan fingerprint density at radius 3 is 2.78 bits per heavy atom. The van der Waals surface area contributed by atoms with Gasteiger partial charge in [-0.3, -0.25) is 14.8 Å². The summed E-state index contributed by atoms with van der Waals surface area (Å²) in [6.07, 6.45) is 1.91. The zero-order valence-electron chi connectivity index (χ0n) is 10.1. The van der Waals surface area contributed by atoms with Crippen LogP contribution in [-0.4, -0.2) is 33.0 Å². The lowest BCUT2D eigenvalue weighted by Crippen LogP contribution is -2.29. The first-order chi connectivity index (χ1) is 8.64. The van der Waals surface area contributed by atoms with Crippen LogP contribution in [0.1, 0.15) is 25.6 Å². The average Bonchev–Trinajstić information content (AvgIpc) is 2.94. The van der Waals surface area contributed by atoms with E-state index in [4.69, 9.17) is 0 Å². The van der Waals surface area contributed by atoms with Gasteiger partial charge in [0.15, 0.2) is 5.65 Å². The van der Waals surface area contributed by atoms with E-state index < -0.39 is 11.2 Å². The summed E-state index contributed by atoms with van der Waals surface area (Å²) < 4.78 is 0. The molecule has 7 nitrogen and oxygen atoms in total. The lowest BCUT2D eigenvalue weighted by atomic mass is 9.83. The lowest BCUT2D eigenvalue weighted by Gasteiger charge is -2.23. The van der Waals surface area contributed by atoms with Crippen LogP contribution in [0.25, 0.3) is 11.2 Å². The minimum atomic E-state index is -0.527.